The van der Waals surface area contributed by atoms with Crippen molar-refractivity contribution in [3.63, 3.8) is 0 Å². The fraction of sp³-hybridized carbons (Fsp3) is 0.296. The van der Waals surface area contributed by atoms with Crippen LogP contribution in [0.4, 0.5) is 5.69 Å². The first kappa shape index (κ1) is 23.8. The number of ether oxygens (including phenoxy) is 1. The Morgan fingerprint density at radius 2 is 1.68 bits per heavy atom. The first-order chi connectivity index (χ1) is 16.1. The van der Waals surface area contributed by atoms with Crippen molar-refractivity contribution >= 4 is 21.6 Å². The van der Waals surface area contributed by atoms with E-state index in [1.54, 1.807) is 42.5 Å². The predicted octanol–water partition coefficient (Wildman–Crippen LogP) is 4.92. The maximum atomic E-state index is 13.7. The molecule has 0 saturated heterocycles. The minimum atomic E-state index is -3.96. The lowest BCUT2D eigenvalue weighted by Gasteiger charge is -2.38. The van der Waals surface area contributed by atoms with E-state index < -0.39 is 15.6 Å². The molecule has 3 aromatic rings. The second-order valence-corrected chi connectivity index (χ2v) is 11.1. The average molecular weight is 479 g/mol. The van der Waals surface area contributed by atoms with Crippen molar-refractivity contribution in [1.29, 1.82) is 0 Å². The van der Waals surface area contributed by atoms with Gasteiger partial charge in [-0.25, -0.2) is 8.42 Å². The van der Waals surface area contributed by atoms with Crippen LogP contribution in [-0.2, 0) is 14.8 Å². The van der Waals surface area contributed by atoms with Gasteiger partial charge < -0.3 is 10.1 Å². The fourth-order valence-corrected chi connectivity index (χ4v) is 5.83. The summed E-state index contributed by atoms with van der Waals surface area (Å²) in [4.78, 5) is 13.5. The fourth-order valence-electron chi connectivity index (χ4n) is 4.33. The van der Waals surface area contributed by atoms with E-state index in [1.807, 2.05) is 58.0 Å². The Bertz CT molecular complexity index is 1300. The van der Waals surface area contributed by atoms with E-state index in [1.165, 1.54) is 4.31 Å². The molecule has 1 N–H and O–H groups in total. The van der Waals surface area contributed by atoms with Crippen molar-refractivity contribution in [1.82, 2.24) is 5.32 Å². The molecule has 0 spiro atoms. The number of amides is 1. The van der Waals surface area contributed by atoms with Crippen molar-refractivity contribution in [2.24, 2.45) is 0 Å². The number of fused-ring (bicyclic) bond motifs is 1. The maximum Gasteiger partial charge on any atom is 0.264 e. The Morgan fingerprint density at radius 1 is 1.00 bits per heavy atom. The zero-order chi connectivity index (χ0) is 24.5. The Hall–Kier alpha value is -3.32. The number of aryl methyl sites for hydroxylation is 1. The standard InChI is InChI=1S/C27H30N2O4S/c1-19-11-10-15-24(20(19)2)29(34(31,32)21-12-6-5-7-13-21)18-26(30)28-23-17-27(3,4)33-25-16-9-8-14-22(23)25/h5-16,23H,17-18H2,1-4H3,(H,28,30). The molecule has 0 aromatic heterocycles. The molecular formula is C27H30N2O4S. The van der Waals surface area contributed by atoms with Gasteiger partial charge in [-0.3, -0.25) is 9.10 Å². The molecule has 1 aliphatic rings. The molecule has 6 nitrogen and oxygen atoms in total. The van der Waals surface area contributed by atoms with Crippen LogP contribution in [0, 0.1) is 13.8 Å². The Balaban J connectivity index is 1.68. The molecule has 1 aliphatic heterocycles. The molecule has 34 heavy (non-hydrogen) atoms. The van der Waals surface area contributed by atoms with Gasteiger partial charge in [-0.05, 0) is 63.1 Å². The van der Waals surface area contributed by atoms with Crippen LogP contribution >= 0.6 is 0 Å². The highest BCUT2D eigenvalue weighted by molar-refractivity contribution is 7.92. The third kappa shape index (κ3) is 4.80. The largest absolute Gasteiger partial charge is 0.487 e. The smallest absolute Gasteiger partial charge is 0.264 e. The molecule has 0 bridgehead atoms. The molecule has 0 saturated carbocycles. The van der Waals surface area contributed by atoms with Gasteiger partial charge in [-0.1, -0.05) is 48.5 Å². The lowest BCUT2D eigenvalue weighted by molar-refractivity contribution is -0.120. The molecular weight excluding hydrogens is 448 g/mol. The topological polar surface area (TPSA) is 75.7 Å². The van der Waals surface area contributed by atoms with Crippen LogP contribution in [-0.4, -0.2) is 26.5 Å². The van der Waals surface area contributed by atoms with Crippen LogP contribution in [0.5, 0.6) is 5.75 Å². The zero-order valence-corrected chi connectivity index (χ0v) is 20.7. The van der Waals surface area contributed by atoms with E-state index >= 15 is 0 Å². The summed E-state index contributed by atoms with van der Waals surface area (Å²) in [6.07, 6.45) is 0.574. The first-order valence-corrected chi connectivity index (χ1v) is 12.7. The summed E-state index contributed by atoms with van der Waals surface area (Å²) in [6.45, 7) is 7.41. The van der Waals surface area contributed by atoms with Gasteiger partial charge in [-0.2, -0.15) is 0 Å². The monoisotopic (exact) mass is 478 g/mol. The van der Waals surface area contributed by atoms with Crippen LogP contribution in [0.3, 0.4) is 0 Å². The number of nitrogens with one attached hydrogen (secondary N) is 1. The second kappa shape index (κ2) is 9.14. The number of rotatable bonds is 6. The van der Waals surface area contributed by atoms with Gasteiger partial charge in [0.05, 0.1) is 16.6 Å². The molecule has 7 heteroatoms. The number of carbonyl (C=O) groups is 1. The maximum absolute atomic E-state index is 13.7. The molecule has 178 valence electrons. The summed E-state index contributed by atoms with van der Waals surface area (Å²) in [7, 11) is -3.96. The molecule has 1 amide bonds. The number of carbonyl (C=O) groups excluding carboxylic acids is 1. The minimum Gasteiger partial charge on any atom is -0.487 e. The van der Waals surface area contributed by atoms with Crippen molar-refractivity contribution < 1.29 is 17.9 Å². The first-order valence-electron chi connectivity index (χ1n) is 11.3. The number of para-hydroxylation sites is 1. The molecule has 3 aromatic carbocycles. The Labute approximate surface area is 201 Å². The van der Waals surface area contributed by atoms with Gasteiger partial charge in [0, 0.05) is 12.0 Å². The lowest BCUT2D eigenvalue weighted by atomic mass is 9.89. The van der Waals surface area contributed by atoms with E-state index in [0.29, 0.717) is 12.1 Å². The SMILES string of the molecule is Cc1cccc(N(CC(=O)NC2CC(C)(C)Oc3ccccc32)S(=O)(=O)c2ccccc2)c1C. The highest BCUT2D eigenvalue weighted by Crippen LogP contribution is 2.39. The van der Waals surface area contributed by atoms with Crippen LogP contribution in [0.2, 0.25) is 0 Å². The summed E-state index contributed by atoms with van der Waals surface area (Å²) < 4.78 is 34.6. The van der Waals surface area contributed by atoms with Crippen molar-refractivity contribution in [2.75, 3.05) is 10.8 Å². The molecule has 0 fully saturated rings. The second-order valence-electron chi connectivity index (χ2n) is 9.27. The van der Waals surface area contributed by atoms with Crippen molar-refractivity contribution in [2.45, 2.75) is 50.7 Å². The Kier molecular flexibility index (Phi) is 6.41. The van der Waals surface area contributed by atoms with E-state index in [-0.39, 0.29) is 23.4 Å². The van der Waals surface area contributed by atoms with E-state index in [0.717, 1.165) is 22.4 Å². The molecule has 1 atom stereocenters. The summed E-state index contributed by atoms with van der Waals surface area (Å²) >= 11 is 0. The molecule has 4 rings (SSSR count). The van der Waals surface area contributed by atoms with E-state index in [2.05, 4.69) is 5.32 Å². The number of hydrogen-bond donors (Lipinski definition) is 1. The molecule has 1 heterocycles. The number of anilines is 1. The summed E-state index contributed by atoms with van der Waals surface area (Å²) in [6, 6.07) is 21.0. The van der Waals surface area contributed by atoms with Gasteiger partial charge in [0.25, 0.3) is 10.0 Å². The summed E-state index contributed by atoms with van der Waals surface area (Å²) in [5, 5.41) is 3.06. The number of benzene rings is 3. The van der Waals surface area contributed by atoms with Gasteiger partial charge in [0.15, 0.2) is 0 Å². The molecule has 1 unspecified atom stereocenters. The third-order valence-corrected chi connectivity index (χ3v) is 7.95. The number of hydrogen-bond acceptors (Lipinski definition) is 4. The van der Waals surface area contributed by atoms with Gasteiger partial charge in [0.1, 0.15) is 17.9 Å². The van der Waals surface area contributed by atoms with Crippen LogP contribution in [0.1, 0.15) is 43.0 Å². The summed E-state index contributed by atoms with van der Waals surface area (Å²) in [5.41, 5.74) is 2.68. The van der Waals surface area contributed by atoms with Crippen LogP contribution in [0.15, 0.2) is 77.7 Å². The third-order valence-electron chi connectivity index (χ3n) is 6.17. The minimum absolute atomic E-state index is 0.140. The van der Waals surface area contributed by atoms with E-state index in [9.17, 15) is 13.2 Å². The highest BCUT2D eigenvalue weighted by Gasteiger charge is 2.35. The van der Waals surface area contributed by atoms with Gasteiger partial charge in [0.2, 0.25) is 5.91 Å². The number of nitrogens with zero attached hydrogens (tertiary/aromatic N) is 1. The van der Waals surface area contributed by atoms with Crippen LogP contribution in [0.25, 0.3) is 0 Å². The van der Waals surface area contributed by atoms with Crippen molar-refractivity contribution in [3.8, 4) is 5.75 Å². The van der Waals surface area contributed by atoms with E-state index in [4.69, 9.17) is 4.74 Å². The van der Waals surface area contributed by atoms with Gasteiger partial charge in [-0.15, -0.1) is 0 Å². The lowest BCUT2D eigenvalue weighted by Crippen LogP contribution is -2.45. The highest BCUT2D eigenvalue weighted by atomic mass is 32.2. The van der Waals surface area contributed by atoms with Crippen molar-refractivity contribution in [3.05, 3.63) is 89.5 Å². The molecule has 0 radical (unpaired) electrons. The zero-order valence-electron chi connectivity index (χ0n) is 19.9. The predicted molar refractivity (Wildman–Crippen MR) is 134 cm³/mol. The number of sulfonamides is 1. The quantitative estimate of drug-likeness (QED) is 0.546. The van der Waals surface area contributed by atoms with Gasteiger partial charge >= 0.3 is 0 Å². The average Bonchev–Trinajstić information content (AvgIpc) is 2.79. The summed E-state index contributed by atoms with van der Waals surface area (Å²) in [5.74, 6) is 0.352. The molecule has 0 aliphatic carbocycles. The Morgan fingerprint density at radius 3 is 2.41 bits per heavy atom. The normalized spacial score (nSPS) is 16.8. The van der Waals surface area contributed by atoms with Crippen LogP contribution < -0.4 is 14.4 Å².